The number of benzene rings is 1. The van der Waals surface area contributed by atoms with Crippen molar-refractivity contribution in [2.45, 2.75) is 38.4 Å². The van der Waals surface area contributed by atoms with Gasteiger partial charge in [0.1, 0.15) is 0 Å². The molecule has 3 amide bonds. The number of hydrogen-bond donors (Lipinski definition) is 1. The van der Waals surface area contributed by atoms with E-state index in [0.717, 1.165) is 4.90 Å². The van der Waals surface area contributed by atoms with Crippen molar-refractivity contribution in [1.29, 1.82) is 0 Å². The zero-order chi connectivity index (χ0) is 21.8. The molecule has 1 fully saturated rings. The Balaban J connectivity index is 1.57. The molecule has 2 aliphatic heterocycles. The van der Waals surface area contributed by atoms with Crippen LogP contribution in [-0.2, 0) is 17.9 Å². The fourth-order valence-corrected chi connectivity index (χ4v) is 3.60. The van der Waals surface area contributed by atoms with Crippen molar-refractivity contribution in [1.82, 2.24) is 14.7 Å². The van der Waals surface area contributed by atoms with E-state index in [1.54, 1.807) is 6.92 Å². The number of urea groups is 1. The molecule has 0 unspecified atom stereocenters. The lowest BCUT2D eigenvalue weighted by Gasteiger charge is -2.35. The van der Waals surface area contributed by atoms with E-state index in [4.69, 9.17) is 0 Å². The van der Waals surface area contributed by atoms with E-state index in [-0.39, 0.29) is 31.0 Å². The maximum absolute atomic E-state index is 13.6. The van der Waals surface area contributed by atoms with Crippen LogP contribution in [0.4, 0.5) is 38.1 Å². The molecule has 30 heavy (non-hydrogen) atoms. The van der Waals surface area contributed by atoms with Crippen LogP contribution in [0.3, 0.4) is 0 Å². The Morgan fingerprint density at radius 1 is 1.23 bits per heavy atom. The molecular formula is C18H16F5N5O2. The third-order valence-electron chi connectivity index (χ3n) is 5.21. The molecule has 160 valence electrons. The van der Waals surface area contributed by atoms with Crippen molar-refractivity contribution >= 4 is 23.3 Å². The summed E-state index contributed by atoms with van der Waals surface area (Å²) in [7, 11) is 0. The van der Waals surface area contributed by atoms with Crippen molar-refractivity contribution in [3.8, 4) is 0 Å². The van der Waals surface area contributed by atoms with Crippen LogP contribution in [0.2, 0.25) is 0 Å². The number of anilines is 2. The van der Waals surface area contributed by atoms with E-state index in [0.29, 0.717) is 17.8 Å². The molecule has 2 aromatic rings. The standard InChI is InChI=1S/C18H16F5N5O2/c1-9-7-28-14(13(6-24-28)26-3-2-18(22,23)16(26)29)8-27(9)17(30)25-10-4-11(19)15(21)12(20)5-10/h4-6,9H,2-3,7-8H2,1H3,(H,25,30)/t9-/m0/s1. The molecule has 0 bridgehead atoms. The second kappa shape index (κ2) is 6.96. The van der Waals surface area contributed by atoms with E-state index < -0.39 is 47.8 Å². The molecule has 1 aromatic carbocycles. The van der Waals surface area contributed by atoms with Crippen molar-refractivity contribution in [3.63, 3.8) is 0 Å². The van der Waals surface area contributed by atoms with Gasteiger partial charge < -0.3 is 15.1 Å². The van der Waals surface area contributed by atoms with Crippen LogP contribution < -0.4 is 10.2 Å². The van der Waals surface area contributed by atoms with Gasteiger partial charge in [0, 0.05) is 30.8 Å². The summed E-state index contributed by atoms with van der Waals surface area (Å²) in [5.74, 6) is -9.34. The van der Waals surface area contributed by atoms with Crippen LogP contribution in [0.25, 0.3) is 0 Å². The lowest BCUT2D eigenvalue weighted by molar-refractivity contribution is -0.137. The van der Waals surface area contributed by atoms with Gasteiger partial charge in [-0.25, -0.2) is 18.0 Å². The summed E-state index contributed by atoms with van der Waals surface area (Å²) in [5, 5.41) is 6.42. The van der Waals surface area contributed by atoms with Gasteiger partial charge in [0.15, 0.2) is 17.5 Å². The molecule has 0 saturated carbocycles. The van der Waals surface area contributed by atoms with Crippen molar-refractivity contribution in [3.05, 3.63) is 41.5 Å². The Bertz CT molecular complexity index is 1020. The number of carbonyl (C=O) groups excluding carboxylic acids is 2. The number of hydrogen-bond acceptors (Lipinski definition) is 3. The Morgan fingerprint density at radius 3 is 2.50 bits per heavy atom. The monoisotopic (exact) mass is 429 g/mol. The molecule has 0 radical (unpaired) electrons. The maximum atomic E-state index is 13.6. The first-order valence-corrected chi connectivity index (χ1v) is 9.05. The SMILES string of the molecule is C[C@H]1Cn2ncc(N3CCC(F)(F)C3=O)c2CN1C(=O)Nc1cc(F)c(F)c(F)c1. The molecule has 1 saturated heterocycles. The van der Waals surface area contributed by atoms with E-state index in [9.17, 15) is 31.5 Å². The molecule has 4 rings (SSSR count). The summed E-state index contributed by atoms with van der Waals surface area (Å²) in [6.07, 6.45) is 0.687. The Hall–Kier alpha value is -3.18. The maximum Gasteiger partial charge on any atom is 0.326 e. The van der Waals surface area contributed by atoms with Gasteiger partial charge in [0.25, 0.3) is 5.91 Å². The summed E-state index contributed by atoms with van der Waals surface area (Å²) >= 11 is 0. The fraction of sp³-hybridized carbons (Fsp3) is 0.389. The van der Waals surface area contributed by atoms with Gasteiger partial charge in [-0.05, 0) is 6.92 Å². The largest absolute Gasteiger partial charge is 0.326 e. The minimum atomic E-state index is -3.45. The Labute approximate surface area is 167 Å². The number of nitrogens with zero attached hydrogens (tertiary/aromatic N) is 4. The van der Waals surface area contributed by atoms with E-state index in [1.165, 1.54) is 15.8 Å². The molecule has 1 aromatic heterocycles. The van der Waals surface area contributed by atoms with Crippen LogP contribution in [0, 0.1) is 17.5 Å². The smallest absolute Gasteiger partial charge is 0.314 e. The Morgan fingerprint density at radius 2 is 1.90 bits per heavy atom. The minimum Gasteiger partial charge on any atom is -0.314 e. The highest BCUT2D eigenvalue weighted by Gasteiger charge is 2.49. The first-order chi connectivity index (χ1) is 14.1. The van der Waals surface area contributed by atoms with Crippen LogP contribution >= 0.6 is 0 Å². The van der Waals surface area contributed by atoms with Gasteiger partial charge in [-0.1, -0.05) is 0 Å². The summed E-state index contributed by atoms with van der Waals surface area (Å²) in [6, 6.07) is 0.150. The van der Waals surface area contributed by atoms with Crippen molar-refractivity contribution in [2.24, 2.45) is 0 Å². The summed E-state index contributed by atoms with van der Waals surface area (Å²) in [6.45, 7) is 1.66. The third kappa shape index (κ3) is 3.25. The second-order valence-electron chi connectivity index (χ2n) is 7.23. The van der Waals surface area contributed by atoms with Crippen LogP contribution in [0.1, 0.15) is 19.0 Å². The molecular weight excluding hydrogens is 413 g/mol. The molecule has 7 nitrogen and oxygen atoms in total. The normalized spacial score (nSPS) is 20.5. The lowest BCUT2D eigenvalue weighted by atomic mass is 10.2. The number of halogens is 5. The summed E-state index contributed by atoms with van der Waals surface area (Å²) < 4.78 is 68.7. The van der Waals surface area contributed by atoms with Gasteiger partial charge in [-0.2, -0.15) is 13.9 Å². The summed E-state index contributed by atoms with van der Waals surface area (Å²) in [4.78, 5) is 26.9. The van der Waals surface area contributed by atoms with Gasteiger partial charge >= 0.3 is 12.0 Å². The molecule has 0 spiro atoms. The number of rotatable bonds is 2. The molecule has 2 aliphatic rings. The van der Waals surface area contributed by atoms with Gasteiger partial charge in [-0.3, -0.25) is 9.48 Å². The van der Waals surface area contributed by atoms with Crippen molar-refractivity contribution < 1.29 is 31.5 Å². The zero-order valence-corrected chi connectivity index (χ0v) is 15.6. The van der Waals surface area contributed by atoms with Crippen LogP contribution in [0.5, 0.6) is 0 Å². The average Bonchev–Trinajstić information content (AvgIpc) is 3.19. The van der Waals surface area contributed by atoms with Crippen molar-refractivity contribution in [2.75, 3.05) is 16.8 Å². The van der Waals surface area contributed by atoms with E-state index in [1.807, 2.05) is 0 Å². The van der Waals surface area contributed by atoms with Crippen LogP contribution in [0.15, 0.2) is 18.3 Å². The van der Waals surface area contributed by atoms with Crippen LogP contribution in [-0.4, -0.2) is 45.1 Å². The predicted octanol–water partition coefficient (Wildman–Crippen LogP) is 3.11. The number of amides is 3. The molecule has 0 aliphatic carbocycles. The average molecular weight is 429 g/mol. The second-order valence-corrected chi connectivity index (χ2v) is 7.23. The number of carbonyl (C=O) groups is 2. The number of fused-ring (bicyclic) bond motifs is 1. The first kappa shape index (κ1) is 20.1. The number of nitrogens with one attached hydrogen (secondary N) is 1. The number of aromatic nitrogens is 2. The third-order valence-corrected chi connectivity index (χ3v) is 5.21. The van der Waals surface area contributed by atoms with Gasteiger partial charge in [0.05, 0.1) is 36.7 Å². The molecule has 3 heterocycles. The quantitative estimate of drug-likeness (QED) is 0.589. The fourth-order valence-electron chi connectivity index (χ4n) is 3.60. The van der Waals surface area contributed by atoms with E-state index >= 15 is 0 Å². The zero-order valence-electron chi connectivity index (χ0n) is 15.6. The minimum absolute atomic E-state index is 0.0795. The van der Waals surface area contributed by atoms with E-state index in [2.05, 4.69) is 10.4 Å². The molecule has 1 N–H and O–H groups in total. The Kier molecular flexibility index (Phi) is 4.66. The highest BCUT2D eigenvalue weighted by Crippen LogP contribution is 2.35. The highest BCUT2D eigenvalue weighted by atomic mass is 19.3. The summed E-state index contributed by atoms with van der Waals surface area (Å²) in [5.41, 5.74) is 0.281. The molecule has 1 atom stereocenters. The highest BCUT2D eigenvalue weighted by molar-refractivity contribution is 6.01. The topological polar surface area (TPSA) is 70.5 Å². The first-order valence-electron chi connectivity index (χ1n) is 9.05. The van der Waals surface area contributed by atoms with Gasteiger partial charge in [0.2, 0.25) is 0 Å². The molecule has 12 heteroatoms. The lowest BCUT2D eigenvalue weighted by Crippen LogP contribution is -2.47. The number of alkyl halides is 2. The van der Waals surface area contributed by atoms with Gasteiger partial charge in [-0.15, -0.1) is 0 Å². The predicted molar refractivity (Wildman–Crippen MR) is 94.5 cm³/mol.